The van der Waals surface area contributed by atoms with Crippen LogP contribution in [0.15, 0.2) is 116 Å². The summed E-state index contributed by atoms with van der Waals surface area (Å²) in [5.74, 6) is -26.9. The molecule has 50 heteroatoms. The number of carboxylic acid groups (broad SMARTS) is 6. The molecule has 6 aromatic rings. The second kappa shape index (κ2) is 58.7. The number of H-pyrrole nitrogens is 2. The predicted octanol–water partition coefficient (Wildman–Crippen LogP) is -2.92. The van der Waals surface area contributed by atoms with Gasteiger partial charge in [-0.2, -0.15) is 11.8 Å². The summed E-state index contributed by atoms with van der Waals surface area (Å²) in [6, 6.07) is 3.51. The summed E-state index contributed by atoms with van der Waals surface area (Å²) in [5, 5.41) is 107. The minimum Gasteiger partial charge on any atom is -0.508 e. The number of para-hydroxylation sites is 2. The second-order valence-electron chi connectivity index (χ2n) is 35.0. The number of nitrogens with two attached hydrogens (primary N) is 2. The molecule has 1 saturated heterocycles. The van der Waals surface area contributed by atoms with E-state index in [4.69, 9.17) is 11.5 Å². The van der Waals surface area contributed by atoms with E-state index >= 15 is 0 Å². The minimum atomic E-state index is -2.07. The van der Waals surface area contributed by atoms with Gasteiger partial charge in [-0.1, -0.05) is 92.7 Å². The molecule has 4 aromatic carbocycles. The number of aromatic nitrogens is 2. The molecule has 145 heavy (non-hydrogen) atoms. The van der Waals surface area contributed by atoms with Crippen LogP contribution in [0.25, 0.3) is 21.8 Å². The molecule has 3 heterocycles. The zero-order chi connectivity index (χ0) is 107. The van der Waals surface area contributed by atoms with Crippen molar-refractivity contribution in [2.45, 2.75) is 234 Å². The van der Waals surface area contributed by atoms with Crippen molar-refractivity contribution in [3.63, 3.8) is 0 Å². The van der Waals surface area contributed by atoms with Gasteiger partial charge in [-0.15, -0.1) is 0 Å². The summed E-state index contributed by atoms with van der Waals surface area (Å²) >= 11 is 1.21. The molecule has 14 atom stereocenters. The number of rotatable bonds is 63. The van der Waals surface area contributed by atoms with Gasteiger partial charge in [0, 0.05) is 92.1 Å². The van der Waals surface area contributed by atoms with E-state index in [1.807, 2.05) is 0 Å². The van der Waals surface area contributed by atoms with Crippen LogP contribution in [0.1, 0.15) is 146 Å². The zero-order valence-corrected chi connectivity index (χ0v) is 81.0. The van der Waals surface area contributed by atoms with Gasteiger partial charge in [-0.05, 0) is 149 Å². The first-order valence-corrected chi connectivity index (χ1v) is 48.2. The number of fused-ring (bicyclic) bond motifs is 2. The monoisotopic (exact) mass is 2040 g/mol. The lowest BCUT2D eigenvalue weighted by atomic mass is 9.99. The topological polar surface area (TPSA) is 784 Å². The average Bonchev–Trinajstić information content (AvgIpc) is 1.70. The number of hydrogen-bond donors (Lipinski definition) is 26. The minimum absolute atomic E-state index is 0.0226. The van der Waals surface area contributed by atoms with Crippen LogP contribution in [-0.4, -0.2) is 310 Å². The fourth-order valence-corrected chi connectivity index (χ4v) is 16.2. The van der Waals surface area contributed by atoms with Gasteiger partial charge in [0.2, 0.25) is 94.5 Å². The number of thioether (sulfide) groups is 1. The van der Waals surface area contributed by atoms with E-state index < -0.39 is 305 Å². The number of aliphatic carboxylic acids is 6. The summed E-state index contributed by atoms with van der Waals surface area (Å²) in [5.41, 5.74) is 14.2. The number of hydrogen-bond acceptors (Lipinski definition) is 26. The van der Waals surface area contributed by atoms with Crippen molar-refractivity contribution in [2.24, 2.45) is 17.4 Å². The Morgan fingerprint density at radius 1 is 0.393 bits per heavy atom. The Morgan fingerprint density at radius 3 is 1.21 bits per heavy atom. The molecule has 28 N–H and O–H groups in total. The first-order chi connectivity index (χ1) is 68.9. The smallest absolute Gasteiger partial charge is 0.326 e. The van der Waals surface area contributed by atoms with Crippen molar-refractivity contribution in [2.75, 3.05) is 44.7 Å². The molecule has 2 aromatic heterocycles. The molecule has 16 amide bonds. The number of amides is 16. The fraction of sp³-hybridized carbons (Fsp3) is 0.474. The summed E-state index contributed by atoms with van der Waals surface area (Å²) in [7, 11) is 0. The number of phenols is 1. The molecule has 0 bridgehead atoms. The van der Waals surface area contributed by atoms with Gasteiger partial charge in [-0.25, -0.2) is 4.79 Å². The Kier molecular flexibility index (Phi) is 47.1. The molecule has 0 aliphatic carbocycles. The standard InChI is InChI=1S/C95H126N20O29S/c1-50(2)39-67(111-92(140)71(43-55-47-99-60-20-11-9-18-58(55)60)114-94(142)73-22-14-37-115(73)76(119)45-97)90(138)108-64(30-34-80(126)127)88(136)107-63(29-33-79(124)125)87(135)106-62(28-32-78(122)123)86(134)105-61(27-31-77(120)121)85(133)102-51(3)82(130)110-68(41-53-23-25-56(116)26-24-53)83(131)101-49-75(118)104-70(42-54-46-98-59-19-10-8-17-57(54)59)91(139)109-65(35-38-145-4)89(137)113-72(44-81(128)129)93(141)112-69(40-52-15-6-5-7-16-52)84(132)100-48-74(117)103-66(95(143)144)21-12-13-36-96/h5-11,15-20,23-26,46-47,50-51,61-73,98-99,116H,12-14,21-22,27-45,48-49,96-97H2,1-4H3,(H,100,132)(H,101,131)(H,102,133)(H,103,117)(H,104,118)(H,105,134)(H,106,135)(H,107,136)(H,108,138)(H,109,139)(H,110,130)(H,111,140)(H,112,141)(H,113,137)(H,114,142)(H,120,121)(H,122,123)(H,124,125)(H,126,127)(H,128,129)(H,143,144)/t51-,61-,62-,63-,64-,65-,66-,67-,68-,69-,70-,71-,72-,73-/m0/s1. The lowest BCUT2D eigenvalue weighted by Gasteiger charge is -2.29. The number of unbranched alkanes of at least 4 members (excludes halogenated alkanes) is 1. The van der Waals surface area contributed by atoms with Crippen LogP contribution in [0, 0.1) is 5.92 Å². The van der Waals surface area contributed by atoms with Gasteiger partial charge in [0.1, 0.15) is 90.3 Å². The highest BCUT2D eigenvalue weighted by Gasteiger charge is 2.41. The number of carbonyl (C=O) groups is 22. The number of phenolic OH excluding ortho intramolecular Hbond substituents is 1. The molecule has 7 rings (SSSR count). The Hall–Kier alpha value is -15.6. The molecule has 786 valence electrons. The maximum atomic E-state index is 14.9. The van der Waals surface area contributed by atoms with E-state index in [0.29, 0.717) is 57.8 Å². The number of aromatic hydroxyl groups is 1. The average molecular weight is 2040 g/mol. The van der Waals surface area contributed by atoms with Crippen molar-refractivity contribution < 1.29 is 141 Å². The van der Waals surface area contributed by atoms with E-state index in [2.05, 4.69) is 89.7 Å². The first-order valence-electron chi connectivity index (χ1n) is 46.9. The molecule has 1 fully saturated rings. The van der Waals surface area contributed by atoms with Gasteiger partial charge in [0.15, 0.2) is 0 Å². The fourth-order valence-electron chi connectivity index (χ4n) is 15.7. The van der Waals surface area contributed by atoms with Gasteiger partial charge in [-0.3, -0.25) is 101 Å². The molecule has 1 aliphatic heterocycles. The number of nitrogens with zero attached hydrogens (tertiary/aromatic N) is 1. The van der Waals surface area contributed by atoms with Crippen LogP contribution in [0.3, 0.4) is 0 Å². The van der Waals surface area contributed by atoms with Crippen LogP contribution >= 0.6 is 11.8 Å². The molecule has 49 nitrogen and oxygen atoms in total. The maximum absolute atomic E-state index is 14.9. The van der Waals surface area contributed by atoms with Gasteiger partial charge in [0.25, 0.3) is 0 Å². The van der Waals surface area contributed by atoms with E-state index in [0.717, 1.165) is 6.92 Å². The van der Waals surface area contributed by atoms with E-state index in [9.17, 15) is 141 Å². The summed E-state index contributed by atoms with van der Waals surface area (Å²) in [6.07, 6.45) is -3.08. The molecule has 0 spiro atoms. The molecule has 1 aliphatic rings. The highest BCUT2D eigenvalue weighted by molar-refractivity contribution is 7.98. The van der Waals surface area contributed by atoms with Crippen LogP contribution < -0.4 is 91.2 Å². The molecule has 0 unspecified atom stereocenters. The van der Waals surface area contributed by atoms with Crippen LogP contribution in [0.2, 0.25) is 0 Å². The van der Waals surface area contributed by atoms with Crippen LogP contribution in [-0.2, 0) is 131 Å². The Morgan fingerprint density at radius 2 is 0.772 bits per heavy atom. The molecular weight excluding hydrogens is 1920 g/mol. The number of benzene rings is 4. The summed E-state index contributed by atoms with van der Waals surface area (Å²) < 4.78 is 0. The molecule has 0 saturated carbocycles. The molecular formula is C95H126N20O29S. The third-order valence-electron chi connectivity index (χ3n) is 23.4. The third-order valence-corrected chi connectivity index (χ3v) is 24.0. The van der Waals surface area contributed by atoms with Crippen molar-refractivity contribution >= 4 is 164 Å². The lowest BCUT2D eigenvalue weighted by molar-refractivity contribution is -0.142. The normalized spacial score (nSPS) is 14.9. The van der Waals surface area contributed by atoms with Crippen LogP contribution in [0.4, 0.5) is 0 Å². The summed E-state index contributed by atoms with van der Waals surface area (Å²) in [4.78, 5) is 308. The van der Waals surface area contributed by atoms with Crippen molar-refractivity contribution in [3.8, 4) is 5.75 Å². The maximum Gasteiger partial charge on any atom is 0.326 e. The Bertz CT molecular complexity index is 5590. The number of carbonyl (C=O) groups excluding carboxylic acids is 16. The van der Waals surface area contributed by atoms with Gasteiger partial charge < -0.3 is 142 Å². The predicted molar refractivity (Wildman–Crippen MR) is 519 cm³/mol. The van der Waals surface area contributed by atoms with Crippen LogP contribution in [0.5, 0.6) is 5.75 Å². The largest absolute Gasteiger partial charge is 0.508 e. The van der Waals surface area contributed by atoms with Crippen molar-refractivity contribution in [1.82, 2.24) is 94.6 Å². The van der Waals surface area contributed by atoms with Gasteiger partial charge >= 0.3 is 35.8 Å². The number of aromatic amines is 2. The quantitative estimate of drug-likeness (QED) is 0.0170. The Labute approximate surface area is 835 Å². The first kappa shape index (κ1) is 116. The van der Waals surface area contributed by atoms with E-state index in [1.165, 1.54) is 47.1 Å². The van der Waals surface area contributed by atoms with Gasteiger partial charge in [0.05, 0.1) is 26.1 Å². The highest BCUT2D eigenvalue weighted by Crippen LogP contribution is 2.25. The van der Waals surface area contributed by atoms with Crippen molar-refractivity contribution in [3.05, 3.63) is 138 Å². The SMILES string of the molecule is CSCC[C@H](NC(=O)[C@H](Cc1c[nH]c2ccccc12)NC(=O)CNC(=O)[C@H](Cc1ccc(O)cc1)NC(=O)[C@H](C)NC(=O)[C@H](CCC(=O)O)NC(=O)[C@H](CCC(=O)O)NC(=O)[C@H](CCC(=O)O)NC(=O)[C@H](CCC(=O)O)NC(=O)[C@H](CC(C)C)NC(=O)[C@H](Cc1c[nH]c2ccccc12)NC(=O)[C@@H]1CCCN1C(=O)CN)C(=O)N[C@@H](CC(=O)O)C(=O)N[C@@H](Cc1ccccc1)C(=O)NCC(=O)N[C@@H](CCCCN)C(=O)O. The zero-order valence-electron chi connectivity index (χ0n) is 80.1. The van der Waals surface area contributed by atoms with Crippen molar-refractivity contribution in [1.29, 1.82) is 0 Å². The summed E-state index contributed by atoms with van der Waals surface area (Å²) in [6.45, 7) is 2.76. The molecule has 0 radical (unpaired) electrons. The highest BCUT2D eigenvalue weighted by atomic mass is 32.2. The number of carboxylic acids is 6. The third kappa shape index (κ3) is 39.0. The number of nitrogens with one attached hydrogen (secondary N) is 17. The second-order valence-corrected chi connectivity index (χ2v) is 36.0. The number of likely N-dealkylation sites (tertiary alicyclic amines) is 1. The van der Waals surface area contributed by atoms with E-state index in [-0.39, 0.29) is 75.1 Å². The van der Waals surface area contributed by atoms with E-state index in [1.54, 1.807) is 105 Å². The lowest BCUT2D eigenvalue weighted by Crippen LogP contribution is -2.60. The Balaban J connectivity index is 1.06.